The van der Waals surface area contributed by atoms with Crippen LogP contribution < -0.4 is 0 Å². The molecule has 4 rings (SSSR count). The predicted molar refractivity (Wildman–Crippen MR) is 101 cm³/mol. The van der Waals surface area contributed by atoms with Crippen LogP contribution in [0.15, 0.2) is 72.8 Å². The molecular weight excluding hydrogens is 290 g/mol. The molecule has 1 saturated carbocycles. The van der Waals surface area contributed by atoms with Crippen LogP contribution >= 0.6 is 0 Å². The van der Waals surface area contributed by atoms with Gasteiger partial charge in [0.15, 0.2) is 0 Å². The third-order valence-corrected chi connectivity index (χ3v) is 5.92. The molecule has 2 aliphatic rings. The number of nitrogens with zero attached hydrogens (tertiary/aromatic N) is 1. The molecule has 1 heterocycles. The summed E-state index contributed by atoms with van der Waals surface area (Å²) in [5, 5.41) is 0. The van der Waals surface area contributed by atoms with E-state index >= 15 is 0 Å². The highest BCUT2D eigenvalue weighted by atomic mass is 15.2. The first-order valence-electron chi connectivity index (χ1n) is 9.33. The van der Waals surface area contributed by atoms with E-state index in [4.69, 9.17) is 0 Å². The van der Waals surface area contributed by atoms with Crippen molar-refractivity contribution in [3.8, 4) is 0 Å². The topological polar surface area (TPSA) is 3.24 Å². The standard InChI is InChI=1S/C23H27N/c1-18-10-8-9-15-22-23(18)21(20-13-6-3-7-14-20)17-24(22)16-19-11-4-2-5-12-19/h2-7,11-14,21-23H,1,8-10,15-17H2/t21-,22?,23-/m1/s1. The summed E-state index contributed by atoms with van der Waals surface area (Å²) in [4.78, 5) is 2.73. The van der Waals surface area contributed by atoms with Gasteiger partial charge in [-0.2, -0.15) is 0 Å². The summed E-state index contributed by atoms with van der Waals surface area (Å²) in [5.74, 6) is 1.23. The lowest BCUT2D eigenvalue weighted by molar-refractivity contribution is 0.217. The third kappa shape index (κ3) is 3.06. The Morgan fingerprint density at radius 1 is 0.917 bits per heavy atom. The number of hydrogen-bond donors (Lipinski definition) is 0. The largest absolute Gasteiger partial charge is 0.295 e. The summed E-state index contributed by atoms with van der Waals surface area (Å²) < 4.78 is 0. The predicted octanol–water partition coefficient (Wildman–Crippen LogP) is 5.40. The minimum absolute atomic E-state index is 0.602. The number of benzene rings is 2. The fraction of sp³-hybridized carbons (Fsp3) is 0.391. The summed E-state index contributed by atoms with van der Waals surface area (Å²) in [6, 6.07) is 22.7. The average Bonchev–Trinajstić information content (AvgIpc) is 2.87. The molecule has 0 bridgehead atoms. The van der Waals surface area contributed by atoms with E-state index in [1.807, 2.05) is 0 Å². The van der Waals surface area contributed by atoms with Crippen LogP contribution in [-0.4, -0.2) is 17.5 Å². The van der Waals surface area contributed by atoms with E-state index in [1.54, 1.807) is 0 Å². The van der Waals surface area contributed by atoms with Gasteiger partial charge in [-0.1, -0.05) is 79.2 Å². The molecule has 24 heavy (non-hydrogen) atoms. The van der Waals surface area contributed by atoms with E-state index in [0.29, 0.717) is 17.9 Å². The van der Waals surface area contributed by atoms with Crippen LogP contribution in [0.1, 0.15) is 42.7 Å². The zero-order valence-corrected chi connectivity index (χ0v) is 14.4. The van der Waals surface area contributed by atoms with Crippen molar-refractivity contribution in [2.45, 2.75) is 44.2 Å². The van der Waals surface area contributed by atoms with Crippen LogP contribution in [0, 0.1) is 5.92 Å². The Labute approximate surface area is 146 Å². The molecule has 0 aromatic heterocycles. The quantitative estimate of drug-likeness (QED) is 0.685. The Bertz CT molecular complexity index is 676. The molecule has 0 radical (unpaired) electrons. The Hall–Kier alpha value is -1.86. The lowest BCUT2D eigenvalue weighted by Gasteiger charge is -2.28. The summed E-state index contributed by atoms with van der Waals surface area (Å²) in [7, 11) is 0. The highest BCUT2D eigenvalue weighted by molar-refractivity contribution is 5.29. The summed E-state index contributed by atoms with van der Waals surface area (Å²) in [5.41, 5.74) is 4.41. The van der Waals surface area contributed by atoms with Crippen LogP contribution in [0.5, 0.6) is 0 Å². The van der Waals surface area contributed by atoms with Crippen LogP contribution in [0.3, 0.4) is 0 Å². The van der Waals surface area contributed by atoms with Gasteiger partial charge in [-0.25, -0.2) is 0 Å². The van der Waals surface area contributed by atoms with Crippen LogP contribution in [0.25, 0.3) is 0 Å². The number of rotatable bonds is 3. The molecule has 1 aliphatic heterocycles. The van der Waals surface area contributed by atoms with Gasteiger partial charge in [0.2, 0.25) is 0 Å². The molecule has 0 spiro atoms. The second-order valence-corrected chi connectivity index (χ2v) is 7.43. The van der Waals surface area contributed by atoms with Crippen molar-refractivity contribution in [3.05, 3.63) is 83.9 Å². The molecule has 1 heteroatoms. The Balaban J connectivity index is 1.64. The fourth-order valence-corrected chi connectivity index (χ4v) is 4.80. The zero-order valence-electron chi connectivity index (χ0n) is 14.4. The zero-order chi connectivity index (χ0) is 16.4. The van der Waals surface area contributed by atoms with Crippen molar-refractivity contribution in [2.75, 3.05) is 6.54 Å². The first-order chi connectivity index (χ1) is 11.8. The van der Waals surface area contributed by atoms with Gasteiger partial charge in [0.1, 0.15) is 0 Å². The SMILES string of the molecule is C=C1CCCCC2[C@H]1[C@@H](c1ccccc1)CN2Cc1ccccc1. The van der Waals surface area contributed by atoms with Gasteiger partial charge in [0, 0.05) is 31.0 Å². The smallest absolute Gasteiger partial charge is 0.0237 e. The molecule has 1 aliphatic carbocycles. The first kappa shape index (κ1) is 15.7. The molecule has 1 nitrogen and oxygen atoms in total. The maximum absolute atomic E-state index is 4.51. The molecule has 2 aromatic rings. The van der Waals surface area contributed by atoms with Crippen molar-refractivity contribution < 1.29 is 0 Å². The van der Waals surface area contributed by atoms with E-state index in [9.17, 15) is 0 Å². The van der Waals surface area contributed by atoms with Gasteiger partial charge >= 0.3 is 0 Å². The van der Waals surface area contributed by atoms with E-state index in [-0.39, 0.29) is 0 Å². The molecule has 1 saturated heterocycles. The molecule has 2 aromatic carbocycles. The number of likely N-dealkylation sites (tertiary alicyclic amines) is 1. The van der Waals surface area contributed by atoms with E-state index in [2.05, 4.69) is 72.1 Å². The maximum Gasteiger partial charge on any atom is 0.0237 e. The fourth-order valence-electron chi connectivity index (χ4n) is 4.80. The normalized spacial score (nSPS) is 27.7. The van der Waals surface area contributed by atoms with Crippen molar-refractivity contribution >= 4 is 0 Å². The van der Waals surface area contributed by atoms with Crippen molar-refractivity contribution in [3.63, 3.8) is 0 Å². The van der Waals surface area contributed by atoms with Gasteiger partial charge in [-0.3, -0.25) is 4.90 Å². The maximum atomic E-state index is 4.51. The van der Waals surface area contributed by atoms with E-state index in [1.165, 1.54) is 42.4 Å². The molecule has 0 amide bonds. The molecule has 3 atom stereocenters. The highest BCUT2D eigenvalue weighted by Gasteiger charge is 2.43. The van der Waals surface area contributed by atoms with Crippen molar-refractivity contribution in [1.29, 1.82) is 0 Å². The third-order valence-electron chi connectivity index (χ3n) is 5.92. The molecule has 1 unspecified atom stereocenters. The second kappa shape index (κ2) is 6.94. The lowest BCUT2D eigenvalue weighted by atomic mass is 9.80. The van der Waals surface area contributed by atoms with E-state index in [0.717, 1.165) is 13.1 Å². The van der Waals surface area contributed by atoms with Gasteiger partial charge in [0.25, 0.3) is 0 Å². The molecule has 124 valence electrons. The monoisotopic (exact) mass is 317 g/mol. The van der Waals surface area contributed by atoms with Crippen LogP contribution in [-0.2, 0) is 6.54 Å². The van der Waals surface area contributed by atoms with Gasteiger partial charge < -0.3 is 0 Å². The molecule has 2 fully saturated rings. The lowest BCUT2D eigenvalue weighted by Crippen LogP contribution is -2.32. The number of fused-ring (bicyclic) bond motifs is 1. The Kier molecular flexibility index (Phi) is 4.53. The summed E-state index contributed by atoms with van der Waals surface area (Å²) in [6.45, 7) is 6.74. The Morgan fingerprint density at radius 2 is 1.62 bits per heavy atom. The highest BCUT2D eigenvalue weighted by Crippen LogP contribution is 2.46. The van der Waals surface area contributed by atoms with Crippen LogP contribution in [0.4, 0.5) is 0 Å². The average molecular weight is 317 g/mol. The second-order valence-electron chi connectivity index (χ2n) is 7.43. The van der Waals surface area contributed by atoms with E-state index < -0.39 is 0 Å². The number of hydrogen-bond acceptors (Lipinski definition) is 1. The van der Waals surface area contributed by atoms with Gasteiger partial charge in [0.05, 0.1) is 0 Å². The van der Waals surface area contributed by atoms with Crippen LogP contribution in [0.2, 0.25) is 0 Å². The summed E-state index contributed by atoms with van der Waals surface area (Å²) in [6.07, 6.45) is 5.18. The van der Waals surface area contributed by atoms with Gasteiger partial charge in [-0.15, -0.1) is 0 Å². The molecule has 0 N–H and O–H groups in total. The van der Waals surface area contributed by atoms with Crippen molar-refractivity contribution in [1.82, 2.24) is 4.90 Å². The first-order valence-corrected chi connectivity index (χ1v) is 9.33. The minimum Gasteiger partial charge on any atom is -0.295 e. The molecular formula is C23H27N. The van der Waals surface area contributed by atoms with Gasteiger partial charge in [-0.05, 0) is 30.4 Å². The summed E-state index contributed by atoms with van der Waals surface area (Å²) >= 11 is 0. The minimum atomic E-state index is 0.602. The van der Waals surface area contributed by atoms with Crippen molar-refractivity contribution in [2.24, 2.45) is 5.92 Å². The Morgan fingerprint density at radius 3 is 2.38 bits per heavy atom.